The number of carbonyl (C=O) groups excluding carboxylic acids is 4. The van der Waals surface area contributed by atoms with Crippen LogP contribution in [-0.2, 0) is 19.1 Å². The SMILES string of the molecule is C=Cc1cccc(C(C(=O)Nc2ccc(OC)cc2)N(CCCCCCC)C(=O)C(CC(N)=O)NC(=O)OC(C)(C)C)c1. The molecule has 0 aliphatic heterocycles. The van der Waals surface area contributed by atoms with Crippen molar-refractivity contribution in [2.24, 2.45) is 5.73 Å². The number of carbonyl (C=O) groups is 4. The van der Waals surface area contributed by atoms with E-state index >= 15 is 0 Å². The summed E-state index contributed by atoms with van der Waals surface area (Å²) in [6.45, 7) is 11.2. The highest BCUT2D eigenvalue weighted by Crippen LogP contribution is 2.27. The maximum Gasteiger partial charge on any atom is 0.408 e. The Hall–Kier alpha value is -4.34. The van der Waals surface area contributed by atoms with Gasteiger partial charge in [-0.25, -0.2) is 4.79 Å². The average molecular weight is 595 g/mol. The Labute approximate surface area is 255 Å². The van der Waals surface area contributed by atoms with Gasteiger partial charge >= 0.3 is 6.09 Å². The van der Waals surface area contributed by atoms with E-state index in [9.17, 15) is 19.2 Å². The van der Waals surface area contributed by atoms with Crippen LogP contribution in [0.5, 0.6) is 5.75 Å². The third-order valence-corrected chi connectivity index (χ3v) is 6.56. The second-order valence-corrected chi connectivity index (χ2v) is 11.3. The van der Waals surface area contributed by atoms with E-state index < -0.39 is 47.9 Å². The van der Waals surface area contributed by atoms with E-state index in [-0.39, 0.29) is 6.54 Å². The lowest BCUT2D eigenvalue weighted by Gasteiger charge is -2.34. The van der Waals surface area contributed by atoms with Crippen LogP contribution in [0.3, 0.4) is 0 Å². The standard InChI is InChI=1S/C33H46N4O6/c1-7-9-10-11-12-20-37(31(40)27(22-28(34)38)36-32(41)43-33(3,4)5)29(24-15-13-14-23(8-2)21-24)30(39)35-25-16-18-26(42-6)19-17-25/h8,13-19,21,27,29H,2,7,9-12,20,22H2,1,3-6H3,(H2,34,38)(H,35,39)(H,36,41). The molecule has 2 aromatic rings. The van der Waals surface area contributed by atoms with E-state index in [1.807, 2.05) is 6.07 Å². The van der Waals surface area contributed by atoms with Gasteiger partial charge in [0.2, 0.25) is 11.8 Å². The van der Waals surface area contributed by atoms with Crippen LogP contribution in [0.2, 0.25) is 0 Å². The van der Waals surface area contributed by atoms with E-state index in [4.69, 9.17) is 15.2 Å². The lowest BCUT2D eigenvalue weighted by molar-refractivity contribution is -0.142. The van der Waals surface area contributed by atoms with Crippen molar-refractivity contribution in [3.05, 3.63) is 66.2 Å². The highest BCUT2D eigenvalue weighted by Gasteiger charge is 2.37. The molecule has 0 aliphatic rings. The Morgan fingerprint density at radius 3 is 2.28 bits per heavy atom. The Bertz CT molecular complexity index is 1240. The first-order valence-electron chi connectivity index (χ1n) is 14.6. The molecule has 0 heterocycles. The van der Waals surface area contributed by atoms with Gasteiger partial charge in [0.15, 0.2) is 0 Å². The molecule has 0 aliphatic carbocycles. The van der Waals surface area contributed by atoms with E-state index in [2.05, 4.69) is 24.1 Å². The van der Waals surface area contributed by atoms with Crippen molar-refractivity contribution < 1.29 is 28.7 Å². The van der Waals surface area contributed by atoms with Crippen molar-refractivity contribution in [2.45, 2.75) is 83.9 Å². The molecule has 0 fully saturated rings. The van der Waals surface area contributed by atoms with E-state index in [0.717, 1.165) is 31.2 Å². The molecule has 4 amide bonds. The second-order valence-electron chi connectivity index (χ2n) is 11.3. The molecule has 0 saturated carbocycles. The number of nitrogens with one attached hydrogen (secondary N) is 2. The summed E-state index contributed by atoms with van der Waals surface area (Å²) in [5, 5.41) is 5.42. The molecule has 0 bridgehead atoms. The molecular weight excluding hydrogens is 548 g/mol. The first-order valence-corrected chi connectivity index (χ1v) is 14.6. The molecular formula is C33H46N4O6. The van der Waals surface area contributed by atoms with Crippen molar-refractivity contribution in [2.75, 3.05) is 19.0 Å². The summed E-state index contributed by atoms with van der Waals surface area (Å²) in [6.07, 6.45) is 4.80. The zero-order chi connectivity index (χ0) is 32.0. The third-order valence-electron chi connectivity index (χ3n) is 6.56. The van der Waals surface area contributed by atoms with Crippen molar-refractivity contribution in [1.82, 2.24) is 10.2 Å². The molecule has 234 valence electrons. The molecule has 10 nitrogen and oxygen atoms in total. The third kappa shape index (κ3) is 11.8. The minimum absolute atomic E-state index is 0.201. The fourth-order valence-corrected chi connectivity index (χ4v) is 4.52. The minimum atomic E-state index is -1.35. The summed E-state index contributed by atoms with van der Waals surface area (Å²) in [5.41, 5.74) is 6.47. The van der Waals surface area contributed by atoms with Crippen molar-refractivity contribution in [1.29, 1.82) is 0 Å². The molecule has 2 rings (SSSR count). The van der Waals surface area contributed by atoms with Crippen LogP contribution in [0.25, 0.3) is 6.08 Å². The van der Waals surface area contributed by atoms with Crippen LogP contribution in [0.15, 0.2) is 55.1 Å². The fourth-order valence-electron chi connectivity index (χ4n) is 4.52. The van der Waals surface area contributed by atoms with Gasteiger partial charge in [-0.1, -0.05) is 63.5 Å². The zero-order valence-corrected chi connectivity index (χ0v) is 26.0. The monoisotopic (exact) mass is 594 g/mol. The summed E-state index contributed by atoms with van der Waals surface area (Å²) >= 11 is 0. The van der Waals surface area contributed by atoms with Gasteiger partial charge in [-0.3, -0.25) is 14.4 Å². The fraction of sp³-hybridized carbons (Fsp3) is 0.455. The lowest BCUT2D eigenvalue weighted by Crippen LogP contribution is -2.53. The Balaban J connectivity index is 2.57. The topological polar surface area (TPSA) is 140 Å². The van der Waals surface area contributed by atoms with Crippen LogP contribution < -0.4 is 21.1 Å². The summed E-state index contributed by atoms with van der Waals surface area (Å²) < 4.78 is 10.6. The second kappa shape index (κ2) is 16.9. The maximum atomic E-state index is 14.2. The minimum Gasteiger partial charge on any atom is -0.497 e. The lowest BCUT2D eigenvalue weighted by atomic mass is 9.99. The molecule has 0 spiro atoms. The van der Waals surface area contributed by atoms with Crippen LogP contribution in [0, 0.1) is 0 Å². The zero-order valence-electron chi connectivity index (χ0n) is 26.0. The first kappa shape index (κ1) is 34.9. The number of anilines is 1. The molecule has 2 unspecified atom stereocenters. The number of ether oxygens (including phenoxy) is 2. The highest BCUT2D eigenvalue weighted by molar-refractivity contribution is 5.99. The van der Waals surface area contributed by atoms with Gasteiger partial charge in [-0.05, 0) is 68.7 Å². The van der Waals surface area contributed by atoms with E-state index in [1.165, 1.54) is 4.90 Å². The van der Waals surface area contributed by atoms with Gasteiger partial charge in [0.05, 0.1) is 13.5 Å². The molecule has 2 aromatic carbocycles. The van der Waals surface area contributed by atoms with E-state index in [0.29, 0.717) is 23.4 Å². The average Bonchev–Trinajstić information content (AvgIpc) is 2.95. The number of unbranched alkanes of at least 4 members (excludes halogenated alkanes) is 4. The number of rotatable bonds is 16. The van der Waals surface area contributed by atoms with Crippen LogP contribution in [-0.4, -0.2) is 54.0 Å². The number of methoxy groups -OCH3 is 1. The van der Waals surface area contributed by atoms with Gasteiger partial charge < -0.3 is 30.7 Å². The van der Waals surface area contributed by atoms with Crippen molar-refractivity contribution in [3.63, 3.8) is 0 Å². The number of nitrogens with two attached hydrogens (primary N) is 1. The van der Waals surface area contributed by atoms with Crippen molar-refractivity contribution in [3.8, 4) is 5.75 Å². The summed E-state index contributed by atoms with van der Waals surface area (Å²) in [5.74, 6) is -1.26. The number of benzene rings is 2. The van der Waals surface area contributed by atoms with Crippen LogP contribution in [0.4, 0.5) is 10.5 Å². The number of hydrogen-bond acceptors (Lipinski definition) is 6. The highest BCUT2D eigenvalue weighted by atomic mass is 16.6. The normalized spacial score (nSPS) is 12.4. The number of primary amides is 1. The Morgan fingerprint density at radius 2 is 1.70 bits per heavy atom. The number of hydrogen-bond donors (Lipinski definition) is 3. The molecule has 2 atom stereocenters. The molecule has 43 heavy (non-hydrogen) atoms. The molecule has 10 heteroatoms. The Kier molecular flexibility index (Phi) is 13.7. The summed E-state index contributed by atoms with van der Waals surface area (Å²) in [6, 6.07) is 11.5. The molecule has 0 saturated heterocycles. The maximum absolute atomic E-state index is 14.2. The van der Waals surface area contributed by atoms with Crippen LogP contribution >= 0.6 is 0 Å². The predicted molar refractivity (Wildman–Crippen MR) is 168 cm³/mol. The summed E-state index contributed by atoms with van der Waals surface area (Å²) in [4.78, 5) is 54.4. The van der Waals surface area contributed by atoms with Gasteiger partial charge in [0.1, 0.15) is 23.4 Å². The van der Waals surface area contributed by atoms with Crippen LogP contribution in [0.1, 0.15) is 83.4 Å². The first-order chi connectivity index (χ1) is 20.4. The summed E-state index contributed by atoms with van der Waals surface area (Å²) in [7, 11) is 1.55. The predicted octanol–water partition coefficient (Wildman–Crippen LogP) is 5.59. The van der Waals surface area contributed by atoms with Gasteiger partial charge in [0.25, 0.3) is 5.91 Å². The van der Waals surface area contributed by atoms with Gasteiger partial charge in [-0.15, -0.1) is 0 Å². The smallest absolute Gasteiger partial charge is 0.408 e. The number of amides is 4. The number of nitrogens with zero attached hydrogens (tertiary/aromatic N) is 1. The van der Waals surface area contributed by atoms with Gasteiger partial charge in [0, 0.05) is 12.2 Å². The van der Waals surface area contributed by atoms with Crippen molar-refractivity contribution >= 4 is 35.6 Å². The molecule has 0 radical (unpaired) electrons. The molecule has 0 aromatic heterocycles. The van der Waals surface area contributed by atoms with E-state index in [1.54, 1.807) is 76.4 Å². The van der Waals surface area contributed by atoms with Gasteiger partial charge in [-0.2, -0.15) is 0 Å². The molecule has 4 N–H and O–H groups in total. The number of alkyl carbamates (subject to hydrolysis) is 1. The largest absolute Gasteiger partial charge is 0.497 e. The Morgan fingerprint density at radius 1 is 1.02 bits per heavy atom. The quantitative estimate of drug-likeness (QED) is 0.217.